The summed E-state index contributed by atoms with van der Waals surface area (Å²) in [6.45, 7) is 7.19. The third-order valence-electron chi connectivity index (χ3n) is 4.75. The van der Waals surface area contributed by atoms with Crippen molar-refractivity contribution in [2.75, 3.05) is 38.6 Å². The van der Waals surface area contributed by atoms with Crippen LogP contribution in [0.3, 0.4) is 0 Å². The Kier molecular flexibility index (Phi) is 6.51. The number of piperidine rings is 1. The van der Waals surface area contributed by atoms with Crippen LogP contribution in [0.4, 0.5) is 0 Å². The molecule has 0 aliphatic carbocycles. The monoisotopic (exact) mass is 349 g/mol. The lowest BCUT2D eigenvalue weighted by Crippen LogP contribution is -2.45. The quantitative estimate of drug-likeness (QED) is 0.800. The van der Waals surface area contributed by atoms with Crippen molar-refractivity contribution in [3.05, 3.63) is 23.9 Å². The van der Waals surface area contributed by atoms with E-state index in [-0.39, 0.29) is 11.9 Å². The molecule has 0 spiro atoms. The molecule has 2 aliphatic rings. The number of hydrogen-bond acceptors (Lipinski definition) is 5. The van der Waals surface area contributed by atoms with Crippen molar-refractivity contribution in [2.45, 2.75) is 37.3 Å². The van der Waals surface area contributed by atoms with Crippen molar-refractivity contribution in [3.63, 3.8) is 0 Å². The Bertz CT molecular complexity index is 524. The SMILES string of the molecule is CCSc1ccc(C(=O)NC2CCN(CC3CCOC3)CC2)cn1. The van der Waals surface area contributed by atoms with E-state index in [1.165, 1.54) is 6.42 Å². The minimum absolute atomic E-state index is 0.00167. The average Bonchev–Trinajstić information content (AvgIpc) is 3.10. The van der Waals surface area contributed by atoms with Gasteiger partial charge in [-0.25, -0.2) is 4.98 Å². The molecule has 1 atom stereocenters. The molecule has 1 unspecified atom stereocenters. The van der Waals surface area contributed by atoms with E-state index in [1.54, 1.807) is 18.0 Å². The third kappa shape index (κ3) is 4.94. The topological polar surface area (TPSA) is 54.5 Å². The van der Waals surface area contributed by atoms with Crippen LogP contribution in [0.25, 0.3) is 0 Å². The Labute approximate surface area is 148 Å². The van der Waals surface area contributed by atoms with Gasteiger partial charge in [0.2, 0.25) is 0 Å². The number of thioether (sulfide) groups is 1. The first-order valence-corrected chi connectivity index (χ1v) is 9.93. The number of hydrogen-bond donors (Lipinski definition) is 1. The van der Waals surface area contributed by atoms with Gasteiger partial charge in [0, 0.05) is 38.5 Å². The molecule has 0 saturated carbocycles. The molecule has 1 aromatic rings. The molecule has 0 radical (unpaired) electrons. The minimum Gasteiger partial charge on any atom is -0.381 e. The van der Waals surface area contributed by atoms with Gasteiger partial charge in [-0.05, 0) is 43.1 Å². The molecule has 0 aromatic carbocycles. The molecule has 24 heavy (non-hydrogen) atoms. The summed E-state index contributed by atoms with van der Waals surface area (Å²) in [5.41, 5.74) is 0.654. The van der Waals surface area contributed by atoms with Crippen molar-refractivity contribution in [2.24, 2.45) is 5.92 Å². The normalized spacial score (nSPS) is 22.6. The van der Waals surface area contributed by atoms with Crippen LogP contribution in [0.5, 0.6) is 0 Å². The van der Waals surface area contributed by atoms with E-state index in [2.05, 4.69) is 22.1 Å². The number of amides is 1. The molecule has 2 aliphatic heterocycles. The number of nitrogens with one attached hydrogen (secondary N) is 1. The molecule has 0 bridgehead atoms. The maximum absolute atomic E-state index is 12.4. The van der Waals surface area contributed by atoms with Crippen LogP contribution in [0.1, 0.15) is 36.5 Å². The predicted molar refractivity (Wildman–Crippen MR) is 96.5 cm³/mol. The highest BCUT2D eigenvalue weighted by Gasteiger charge is 2.24. The molecule has 3 rings (SSSR count). The van der Waals surface area contributed by atoms with Gasteiger partial charge in [0.25, 0.3) is 5.91 Å². The zero-order valence-electron chi connectivity index (χ0n) is 14.4. The Balaban J connectivity index is 1.42. The van der Waals surface area contributed by atoms with E-state index in [4.69, 9.17) is 4.74 Å². The second-order valence-electron chi connectivity index (χ2n) is 6.60. The van der Waals surface area contributed by atoms with Gasteiger partial charge >= 0.3 is 0 Å². The highest BCUT2D eigenvalue weighted by molar-refractivity contribution is 7.99. The first-order valence-electron chi connectivity index (χ1n) is 8.94. The second-order valence-corrected chi connectivity index (χ2v) is 7.88. The standard InChI is InChI=1S/C18H27N3O2S/c1-2-24-17-4-3-15(11-19-17)18(22)20-16-5-8-21(9-6-16)12-14-7-10-23-13-14/h3-4,11,14,16H,2,5-10,12-13H2,1H3,(H,20,22). The number of ether oxygens (including phenoxy) is 1. The zero-order chi connectivity index (χ0) is 16.8. The van der Waals surface area contributed by atoms with Crippen LogP contribution in [0.15, 0.2) is 23.4 Å². The molecule has 6 heteroatoms. The summed E-state index contributed by atoms with van der Waals surface area (Å²) in [6.07, 6.45) is 4.92. The number of carbonyl (C=O) groups is 1. The van der Waals surface area contributed by atoms with Crippen LogP contribution in [-0.2, 0) is 4.74 Å². The molecule has 1 N–H and O–H groups in total. The van der Waals surface area contributed by atoms with Gasteiger partial charge < -0.3 is 15.0 Å². The van der Waals surface area contributed by atoms with Gasteiger partial charge in [0.15, 0.2) is 0 Å². The van der Waals surface area contributed by atoms with Gasteiger partial charge in [-0.15, -0.1) is 11.8 Å². The number of pyridine rings is 1. The van der Waals surface area contributed by atoms with Gasteiger partial charge in [-0.3, -0.25) is 4.79 Å². The summed E-state index contributed by atoms with van der Waals surface area (Å²) in [5.74, 6) is 1.68. The van der Waals surface area contributed by atoms with Gasteiger partial charge in [0.05, 0.1) is 17.2 Å². The Morgan fingerprint density at radius 1 is 1.38 bits per heavy atom. The number of rotatable bonds is 6. The highest BCUT2D eigenvalue weighted by atomic mass is 32.2. The summed E-state index contributed by atoms with van der Waals surface area (Å²) in [6, 6.07) is 4.07. The van der Waals surface area contributed by atoms with E-state index in [1.807, 2.05) is 12.1 Å². The molecule has 1 amide bonds. The lowest BCUT2D eigenvalue weighted by atomic mass is 10.0. The Hall–Kier alpha value is -1.11. The van der Waals surface area contributed by atoms with E-state index >= 15 is 0 Å². The lowest BCUT2D eigenvalue weighted by Gasteiger charge is -2.33. The van der Waals surface area contributed by atoms with E-state index < -0.39 is 0 Å². The molecular formula is C18H27N3O2S. The van der Waals surface area contributed by atoms with Crippen LogP contribution in [0.2, 0.25) is 0 Å². The van der Waals surface area contributed by atoms with Gasteiger partial charge in [-0.2, -0.15) is 0 Å². The van der Waals surface area contributed by atoms with Gasteiger partial charge in [-0.1, -0.05) is 6.92 Å². The fraction of sp³-hybridized carbons (Fsp3) is 0.667. The molecule has 2 fully saturated rings. The van der Waals surface area contributed by atoms with Crippen LogP contribution < -0.4 is 5.32 Å². The molecule has 1 aromatic heterocycles. The number of aromatic nitrogens is 1. The first-order chi connectivity index (χ1) is 11.7. The maximum Gasteiger partial charge on any atom is 0.253 e. The van der Waals surface area contributed by atoms with E-state index in [0.717, 1.165) is 56.5 Å². The summed E-state index contributed by atoms with van der Waals surface area (Å²) in [7, 11) is 0. The molecule has 132 valence electrons. The van der Waals surface area contributed by atoms with Crippen molar-refractivity contribution in [1.29, 1.82) is 0 Å². The molecule has 2 saturated heterocycles. The minimum atomic E-state index is -0.00167. The van der Waals surface area contributed by atoms with E-state index in [0.29, 0.717) is 11.5 Å². The lowest BCUT2D eigenvalue weighted by molar-refractivity contribution is 0.0903. The Morgan fingerprint density at radius 2 is 2.21 bits per heavy atom. The fourth-order valence-electron chi connectivity index (χ4n) is 3.37. The predicted octanol–water partition coefficient (Wildman–Crippen LogP) is 2.42. The van der Waals surface area contributed by atoms with Crippen molar-refractivity contribution < 1.29 is 9.53 Å². The highest BCUT2D eigenvalue weighted by Crippen LogP contribution is 2.18. The maximum atomic E-state index is 12.4. The fourth-order valence-corrected chi connectivity index (χ4v) is 3.96. The third-order valence-corrected chi connectivity index (χ3v) is 5.58. The summed E-state index contributed by atoms with van der Waals surface area (Å²) in [4.78, 5) is 19.2. The van der Waals surface area contributed by atoms with Crippen molar-refractivity contribution in [1.82, 2.24) is 15.2 Å². The zero-order valence-corrected chi connectivity index (χ0v) is 15.2. The molecular weight excluding hydrogens is 322 g/mol. The summed E-state index contributed by atoms with van der Waals surface area (Å²) in [5, 5.41) is 4.13. The number of carbonyl (C=O) groups excluding carboxylic acids is 1. The number of likely N-dealkylation sites (tertiary alicyclic amines) is 1. The molecule has 5 nitrogen and oxygen atoms in total. The largest absolute Gasteiger partial charge is 0.381 e. The second kappa shape index (κ2) is 8.83. The Morgan fingerprint density at radius 3 is 2.83 bits per heavy atom. The van der Waals surface area contributed by atoms with Crippen molar-refractivity contribution >= 4 is 17.7 Å². The smallest absolute Gasteiger partial charge is 0.253 e. The first kappa shape index (κ1) is 17.7. The van der Waals surface area contributed by atoms with Crippen molar-refractivity contribution in [3.8, 4) is 0 Å². The van der Waals surface area contributed by atoms with Crippen LogP contribution >= 0.6 is 11.8 Å². The summed E-state index contributed by atoms with van der Waals surface area (Å²) >= 11 is 1.69. The van der Waals surface area contributed by atoms with E-state index in [9.17, 15) is 4.79 Å². The van der Waals surface area contributed by atoms with Gasteiger partial charge in [0.1, 0.15) is 0 Å². The van der Waals surface area contributed by atoms with Crippen LogP contribution in [-0.4, -0.2) is 60.4 Å². The molecule has 3 heterocycles. The average molecular weight is 350 g/mol. The number of nitrogens with zero attached hydrogens (tertiary/aromatic N) is 2. The summed E-state index contributed by atoms with van der Waals surface area (Å²) < 4.78 is 5.45. The van der Waals surface area contributed by atoms with Crippen LogP contribution in [0, 0.1) is 5.92 Å².